The van der Waals surface area contributed by atoms with Gasteiger partial charge in [0.05, 0.1) is 22.9 Å². The van der Waals surface area contributed by atoms with Crippen molar-refractivity contribution in [1.29, 1.82) is 0 Å². The monoisotopic (exact) mass is 398 g/mol. The first kappa shape index (κ1) is 19.0. The van der Waals surface area contributed by atoms with Crippen molar-refractivity contribution in [2.75, 3.05) is 18.1 Å². The minimum Gasteiger partial charge on any atom is -0.376 e. The Labute approximate surface area is 168 Å². The Hall–Kier alpha value is -2.31. The van der Waals surface area contributed by atoms with Gasteiger partial charge in [0, 0.05) is 12.2 Å². The van der Waals surface area contributed by atoms with Crippen molar-refractivity contribution in [3.05, 3.63) is 59.4 Å². The van der Waals surface area contributed by atoms with Crippen LogP contribution in [-0.2, 0) is 4.74 Å². The van der Waals surface area contributed by atoms with E-state index in [0.717, 1.165) is 28.6 Å². The fraction of sp³-hybridized carbons (Fsp3) is 0.364. The molecule has 2 heterocycles. The summed E-state index contributed by atoms with van der Waals surface area (Å²) in [4.78, 5) is 19.7. The number of thiazole rings is 1. The van der Waals surface area contributed by atoms with E-state index in [1.54, 1.807) is 17.0 Å². The predicted molar refractivity (Wildman–Crippen MR) is 111 cm³/mol. The molecule has 0 bridgehead atoms. The van der Waals surface area contributed by atoms with E-state index in [2.05, 4.69) is 19.9 Å². The fourth-order valence-corrected chi connectivity index (χ4v) is 4.56. The van der Waals surface area contributed by atoms with Gasteiger partial charge in [-0.05, 0) is 48.6 Å². The van der Waals surface area contributed by atoms with Gasteiger partial charge in [0.15, 0.2) is 5.13 Å². The zero-order valence-electron chi connectivity index (χ0n) is 16.0. The molecule has 1 aromatic heterocycles. The number of nitrogens with zero attached hydrogens (tertiary/aromatic N) is 2. The van der Waals surface area contributed by atoms with Crippen LogP contribution in [0.3, 0.4) is 0 Å². The van der Waals surface area contributed by atoms with E-state index in [1.807, 2.05) is 12.1 Å². The molecule has 0 radical (unpaired) electrons. The molecule has 0 saturated carbocycles. The standard InChI is InChI=1S/C22H23FN2O2S/c1-14(2)18-9-4-10-19-20(18)24-22(28-19)25(13-17-8-5-11-27-17)21(26)15-6-3-7-16(23)12-15/h3-4,6-7,9-10,12,14,17H,5,8,11,13H2,1-2H3. The molecule has 0 N–H and O–H groups in total. The molecule has 6 heteroatoms. The van der Waals surface area contributed by atoms with Gasteiger partial charge in [-0.15, -0.1) is 0 Å². The summed E-state index contributed by atoms with van der Waals surface area (Å²) in [6.45, 7) is 5.40. The van der Waals surface area contributed by atoms with Crippen LogP contribution in [0, 0.1) is 5.82 Å². The number of carbonyl (C=O) groups excluding carboxylic acids is 1. The Morgan fingerprint density at radius 3 is 2.86 bits per heavy atom. The number of carbonyl (C=O) groups is 1. The van der Waals surface area contributed by atoms with Gasteiger partial charge in [0.1, 0.15) is 5.82 Å². The molecule has 28 heavy (non-hydrogen) atoms. The molecule has 1 unspecified atom stereocenters. The van der Waals surface area contributed by atoms with E-state index in [0.29, 0.717) is 29.8 Å². The van der Waals surface area contributed by atoms with Crippen molar-refractivity contribution in [3.63, 3.8) is 0 Å². The first-order valence-corrected chi connectivity index (χ1v) is 10.4. The van der Waals surface area contributed by atoms with Crippen LogP contribution in [0.2, 0.25) is 0 Å². The molecule has 0 spiro atoms. The number of halogens is 1. The summed E-state index contributed by atoms with van der Waals surface area (Å²) in [5.74, 6) is -0.335. The molecule has 146 valence electrons. The number of amides is 1. The molecule has 4 rings (SSSR count). The van der Waals surface area contributed by atoms with Crippen LogP contribution >= 0.6 is 11.3 Å². The van der Waals surface area contributed by atoms with Crippen molar-refractivity contribution < 1.29 is 13.9 Å². The number of ether oxygens (including phenoxy) is 1. The number of anilines is 1. The highest BCUT2D eigenvalue weighted by atomic mass is 32.1. The van der Waals surface area contributed by atoms with Gasteiger partial charge in [0.25, 0.3) is 5.91 Å². The van der Waals surface area contributed by atoms with Gasteiger partial charge in [-0.1, -0.05) is 43.4 Å². The Morgan fingerprint density at radius 1 is 1.32 bits per heavy atom. The van der Waals surface area contributed by atoms with Gasteiger partial charge >= 0.3 is 0 Å². The quantitative estimate of drug-likeness (QED) is 0.579. The first-order chi connectivity index (χ1) is 13.5. The van der Waals surface area contributed by atoms with Crippen LogP contribution in [-0.4, -0.2) is 30.1 Å². The SMILES string of the molecule is CC(C)c1cccc2sc(N(CC3CCCO3)C(=O)c3cccc(F)c3)nc12. The number of rotatable bonds is 5. The lowest BCUT2D eigenvalue weighted by atomic mass is 10.0. The first-order valence-electron chi connectivity index (χ1n) is 9.61. The third-order valence-electron chi connectivity index (χ3n) is 5.02. The minimum atomic E-state index is -0.422. The molecule has 1 saturated heterocycles. The van der Waals surface area contributed by atoms with E-state index >= 15 is 0 Å². The average molecular weight is 399 g/mol. The van der Waals surface area contributed by atoms with E-state index in [1.165, 1.54) is 23.5 Å². The summed E-state index contributed by atoms with van der Waals surface area (Å²) >= 11 is 1.49. The molecule has 0 aliphatic carbocycles. The van der Waals surface area contributed by atoms with E-state index in [9.17, 15) is 9.18 Å². The molecule has 1 aliphatic heterocycles. The number of fused-ring (bicyclic) bond motifs is 1. The predicted octanol–water partition coefficient (Wildman–Crippen LogP) is 5.38. The lowest BCUT2D eigenvalue weighted by Gasteiger charge is -2.23. The van der Waals surface area contributed by atoms with E-state index in [-0.39, 0.29) is 12.0 Å². The highest BCUT2D eigenvalue weighted by molar-refractivity contribution is 7.22. The van der Waals surface area contributed by atoms with Gasteiger partial charge in [-0.3, -0.25) is 9.69 Å². The van der Waals surface area contributed by atoms with Gasteiger partial charge in [-0.25, -0.2) is 9.37 Å². The molecule has 1 amide bonds. The summed E-state index contributed by atoms with van der Waals surface area (Å²) in [6, 6.07) is 11.9. The van der Waals surface area contributed by atoms with Crippen molar-refractivity contribution in [3.8, 4) is 0 Å². The smallest absolute Gasteiger partial charge is 0.260 e. The Kier molecular flexibility index (Phi) is 5.42. The van der Waals surface area contributed by atoms with E-state index < -0.39 is 5.82 Å². The molecule has 1 aliphatic rings. The molecular weight excluding hydrogens is 375 g/mol. The van der Waals surface area contributed by atoms with Crippen LogP contribution < -0.4 is 4.90 Å². The number of hydrogen-bond donors (Lipinski definition) is 0. The second-order valence-electron chi connectivity index (χ2n) is 7.41. The van der Waals surface area contributed by atoms with E-state index in [4.69, 9.17) is 9.72 Å². The third kappa shape index (κ3) is 3.80. The van der Waals surface area contributed by atoms with Crippen LogP contribution in [0.1, 0.15) is 48.5 Å². The summed E-state index contributed by atoms with van der Waals surface area (Å²) in [5.41, 5.74) is 2.42. The maximum atomic E-state index is 13.7. The molecular formula is C22H23FN2O2S. The Morgan fingerprint density at radius 2 is 2.14 bits per heavy atom. The van der Waals surface area contributed by atoms with Crippen molar-refractivity contribution in [2.45, 2.75) is 38.7 Å². The van der Waals surface area contributed by atoms with Crippen LogP contribution in [0.25, 0.3) is 10.2 Å². The highest BCUT2D eigenvalue weighted by Crippen LogP contribution is 2.34. The summed E-state index contributed by atoms with van der Waals surface area (Å²) in [6.07, 6.45) is 1.88. The Bertz CT molecular complexity index is 995. The van der Waals surface area contributed by atoms with Gasteiger partial charge in [0.2, 0.25) is 0 Å². The number of aromatic nitrogens is 1. The largest absolute Gasteiger partial charge is 0.376 e. The molecule has 3 aromatic rings. The Balaban J connectivity index is 1.75. The van der Waals surface area contributed by atoms with Gasteiger partial charge in [-0.2, -0.15) is 0 Å². The van der Waals surface area contributed by atoms with Crippen LogP contribution in [0.15, 0.2) is 42.5 Å². The summed E-state index contributed by atoms with van der Waals surface area (Å²) in [5, 5.41) is 0.632. The van der Waals surface area contributed by atoms with Crippen molar-refractivity contribution in [2.24, 2.45) is 0 Å². The fourth-order valence-electron chi connectivity index (χ4n) is 3.56. The second kappa shape index (κ2) is 7.97. The maximum Gasteiger partial charge on any atom is 0.260 e. The van der Waals surface area contributed by atoms with Crippen molar-refractivity contribution in [1.82, 2.24) is 4.98 Å². The number of hydrogen-bond acceptors (Lipinski definition) is 4. The summed E-state index contributed by atoms with van der Waals surface area (Å²) < 4.78 is 20.5. The lowest BCUT2D eigenvalue weighted by molar-refractivity contribution is 0.0917. The highest BCUT2D eigenvalue weighted by Gasteiger charge is 2.27. The number of para-hydroxylation sites is 1. The van der Waals surface area contributed by atoms with Crippen molar-refractivity contribution >= 4 is 32.6 Å². The number of benzene rings is 2. The average Bonchev–Trinajstić information content (AvgIpc) is 3.34. The second-order valence-corrected chi connectivity index (χ2v) is 8.42. The lowest BCUT2D eigenvalue weighted by Crippen LogP contribution is -2.37. The zero-order chi connectivity index (χ0) is 19.7. The molecule has 2 aromatic carbocycles. The molecule has 1 fully saturated rings. The topological polar surface area (TPSA) is 42.4 Å². The van der Waals surface area contributed by atoms with Gasteiger partial charge < -0.3 is 4.74 Å². The normalized spacial score (nSPS) is 16.8. The van der Waals surface area contributed by atoms with Crippen LogP contribution in [0.5, 0.6) is 0 Å². The maximum absolute atomic E-state index is 13.7. The third-order valence-corrected chi connectivity index (χ3v) is 6.06. The minimum absolute atomic E-state index is 0.0194. The summed E-state index contributed by atoms with van der Waals surface area (Å²) in [7, 11) is 0. The zero-order valence-corrected chi connectivity index (χ0v) is 16.8. The van der Waals surface area contributed by atoms with Crippen LogP contribution in [0.4, 0.5) is 9.52 Å². The molecule has 4 nitrogen and oxygen atoms in total. The molecule has 1 atom stereocenters.